The Labute approximate surface area is 148 Å². The number of halogens is 2. The van der Waals surface area contributed by atoms with E-state index in [1.165, 1.54) is 18.2 Å². The van der Waals surface area contributed by atoms with Crippen molar-refractivity contribution in [3.8, 4) is 11.5 Å². The van der Waals surface area contributed by atoms with Gasteiger partial charge in [-0.3, -0.25) is 4.79 Å². The van der Waals surface area contributed by atoms with Crippen molar-refractivity contribution in [3.05, 3.63) is 70.8 Å². The van der Waals surface area contributed by atoms with Crippen LogP contribution < -0.4 is 0 Å². The number of ether oxygens (including phenoxy) is 1. The van der Waals surface area contributed by atoms with Crippen LogP contribution in [0.3, 0.4) is 0 Å². The lowest BCUT2D eigenvalue weighted by molar-refractivity contribution is -0.145. The molecular formula is C18H14ClFN2O3. The molecule has 0 spiro atoms. The van der Waals surface area contributed by atoms with E-state index in [-0.39, 0.29) is 30.0 Å². The fourth-order valence-electron chi connectivity index (χ4n) is 2.16. The van der Waals surface area contributed by atoms with Crippen molar-refractivity contribution >= 4 is 17.6 Å². The third kappa shape index (κ3) is 4.42. The number of aryl methyl sites for hydroxylation is 1. The van der Waals surface area contributed by atoms with Crippen LogP contribution in [-0.4, -0.2) is 16.2 Å². The Morgan fingerprint density at radius 1 is 1.12 bits per heavy atom. The Hall–Kier alpha value is -2.73. The summed E-state index contributed by atoms with van der Waals surface area (Å²) < 4.78 is 24.2. The van der Waals surface area contributed by atoms with Crippen LogP contribution in [0, 0.1) is 5.82 Å². The van der Waals surface area contributed by atoms with Gasteiger partial charge < -0.3 is 9.15 Å². The van der Waals surface area contributed by atoms with Gasteiger partial charge in [0.15, 0.2) is 0 Å². The topological polar surface area (TPSA) is 65.2 Å². The molecule has 25 heavy (non-hydrogen) atoms. The first-order chi connectivity index (χ1) is 12.1. The molecule has 0 saturated carbocycles. The smallest absolute Gasteiger partial charge is 0.306 e. The highest BCUT2D eigenvalue weighted by atomic mass is 35.5. The van der Waals surface area contributed by atoms with E-state index in [1.54, 1.807) is 0 Å². The number of carbonyl (C=O) groups excluding carboxylic acids is 1. The lowest BCUT2D eigenvalue weighted by Crippen LogP contribution is -2.07. The molecule has 3 rings (SSSR count). The van der Waals surface area contributed by atoms with Crippen molar-refractivity contribution in [3.63, 3.8) is 0 Å². The molecule has 7 heteroatoms. The van der Waals surface area contributed by atoms with Gasteiger partial charge in [0.25, 0.3) is 0 Å². The SMILES string of the molecule is O=C(CCc1nnc(-c2ccccc2)o1)OCc1c(F)cccc1Cl. The largest absolute Gasteiger partial charge is 0.461 e. The molecule has 2 aromatic carbocycles. The third-order valence-electron chi connectivity index (χ3n) is 3.47. The number of esters is 1. The van der Waals surface area contributed by atoms with Crippen molar-refractivity contribution in [1.82, 2.24) is 10.2 Å². The maximum absolute atomic E-state index is 13.6. The van der Waals surface area contributed by atoms with E-state index < -0.39 is 11.8 Å². The molecule has 1 aromatic heterocycles. The molecule has 0 aliphatic heterocycles. The van der Waals surface area contributed by atoms with E-state index >= 15 is 0 Å². The quantitative estimate of drug-likeness (QED) is 0.616. The van der Waals surface area contributed by atoms with E-state index in [2.05, 4.69) is 10.2 Å². The first kappa shape index (κ1) is 17.1. The van der Waals surface area contributed by atoms with Gasteiger partial charge in [-0.1, -0.05) is 35.9 Å². The van der Waals surface area contributed by atoms with Crippen molar-refractivity contribution in [2.75, 3.05) is 0 Å². The number of benzene rings is 2. The predicted octanol–water partition coefficient (Wildman–Crippen LogP) is 4.21. The Balaban J connectivity index is 1.52. The summed E-state index contributed by atoms with van der Waals surface area (Å²) >= 11 is 5.88. The Morgan fingerprint density at radius 2 is 1.92 bits per heavy atom. The Morgan fingerprint density at radius 3 is 2.68 bits per heavy atom. The van der Waals surface area contributed by atoms with Gasteiger partial charge >= 0.3 is 5.97 Å². The summed E-state index contributed by atoms with van der Waals surface area (Å²) in [6.45, 7) is -0.219. The molecule has 0 radical (unpaired) electrons. The molecule has 0 unspecified atom stereocenters. The number of hydrogen-bond acceptors (Lipinski definition) is 5. The molecule has 0 aliphatic carbocycles. The van der Waals surface area contributed by atoms with Crippen LogP contribution in [0.15, 0.2) is 52.9 Å². The minimum absolute atomic E-state index is 0.0441. The van der Waals surface area contributed by atoms with Crippen LogP contribution in [0.2, 0.25) is 5.02 Å². The minimum atomic E-state index is -0.510. The van der Waals surface area contributed by atoms with E-state index in [1.807, 2.05) is 30.3 Å². The number of carbonyl (C=O) groups is 1. The summed E-state index contributed by atoms with van der Waals surface area (Å²) in [7, 11) is 0. The first-order valence-electron chi connectivity index (χ1n) is 7.60. The molecule has 3 aromatic rings. The highest BCUT2D eigenvalue weighted by Gasteiger charge is 2.13. The van der Waals surface area contributed by atoms with Gasteiger partial charge in [0.2, 0.25) is 11.8 Å². The second-order valence-electron chi connectivity index (χ2n) is 5.23. The molecule has 0 fully saturated rings. The second kappa shape index (κ2) is 7.90. The average Bonchev–Trinajstić information content (AvgIpc) is 3.09. The first-order valence-corrected chi connectivity index (χ1v) is 7.97. The van der Waals surface area contributed by atoms with Gasteiger partial charge in [0.1, 0.15) is 12.4 Å². The molecule has 1 heterocycles. The zero-order chi connectivity index (χ0) is 17.6. The summed E-state index contributed by atoms with van der Waals surface area (Å²) in [6, 6.07) is 13.6. The molecule has 128 valence electrons. The number of rotatable bonds is 6. The standard InChI is InChI=1S/C18H14ClFN2O3/c19-14-7-4-8-15(20)13(14)11-24-17(23)10-9-16-21-22-18(25-16)12-5-2-1-3-6-12/h1-8H,9-11H2. The van der Waals surface area contributed by atoms with Gasteiger partial charge in [0, 0.05) is 17.5 Å². The van der Waals surface area contributed by atoms with E-state index in [0.29, 0.717) is 11.8 Å². The van der Waals surface area contributed by atoms with Gasteiger partial charge in [-0.15, -0.1) is 10.2 Å². The summed E-state index contributed by atoms with van der Waals surface area (Å²) in [5.41, 5.74) is 0.958. The maximum Gasteiger partial charge on any atom is 0.306 e. The van der Waals surface area contributed by atoms with Crippen molar-refractivity contribution in [2.24, 2.45) is 0 Å². The number of nitrogens with zero attached hydrogens (tertiary/aromatic N) is 2. The summed E-state index contributed by atoms with van der Waals surface area (Å²) in [5.74, 6) is -0.287. The van der Waals surface area contributed by atoms with Crippen LogP contribution in [0.4, 0.5) is 4.39 Å². The van der Waals surface area contributed by atoms with E-state index in [9.17, 15) is 9.18 Å². The minimum Gasteiger partial charge on any atom is -0.461 e. The Bertz CT molecular complexity index is 848. The highest BCUT2D eigenvalue weighted by molar-refractivity contribution is 6.31. The molecule has 0 aliphatic rings. The fraction of sp³-hybridized carbons (Fsp3) is 0.167. The number of hydrogen-bond donors (Lipinski definition) is 0. The summed E-state index contributed by atoms with van der Waals surface area (Å²) in [4.78, 5) is 11.8. The van der Waals surface area contributed by atoms with E-state index in [0.717, 1.165) is 5.56 Å². The zero-order valence-corrected chi connectivity index (χ0v) is 13.9. The molecule has 5 nitrogen and oxygen atoms in total. The zero-order valence-electron chi connectivity index (χ0n) is 13.1. The average molecular weight is 361 g/mol. The Kier molecular flexibility index (Phi) is 5.40. The molecular weight excluding hydrogens is 347 g/mol. The number of aromatic nitrogens is 2. The van der Waals surface area contributed by atoms with Crippen LogP contribution in [0.25, 0.3) is 11.5 Å². The maximum atomic E-state index is 13.6. The van der Waals surface area contributed by atoms with Crippen LogP contribution in [0.5, 0.6) is 0 Å². The highest BCUT2D eigenvalue weighted by Crippen LogP contribution is 2.20. The lowest BCUT2D eigenvalue weighted by Gasteiger charge is -2.07. The predicted molar refractivity (Wildman–Crippen MR) is 89.3 cm³/mol. The third-order valence-corrected chi connectivity index (χ3v) is 3.82. The van der Waals surface area contributed by atoms with E-state index in [4.69, 9.17) is 20.8 Å². The van der Waals surface area contributed by atoms with Gasteiger partial charge in [-0.05, 0) is 24.3 Å². The molecule has 0 bridgehead atoms. The fourth-order valence-corrected chi connectivity index (χ4v) is 2.37. The van der Waals surface area contributed by atoms with Crippen LogP contribution in [-0.2, 0) is 22.6 Å². The lowest BCUT2D eigenvalue weighted by atomic mass is 10.2. The van der Waals surface area contributed by atoms with Gasteiger partial charge in [-0.2, -0.15) is 0 Å². The second-order valence-corrected chi connectivity index (χ2v) is 5.64. The van der Waals surface area contributed by atoms with Crippen molar-refractivity contribution in [2.45, 2.75) is 19.4 Å². The van der Waals surface area contributed by atoms with Crippen LogP contribution >= 0.6 is 11.6 Å². The van der Waals surface area contributed by atoms with Gasteiger partial charge in [0.05, 0.1) is 11.4 Å². The van der Waals surface area contributed by atoms with Gasteiger partial charge in [-0.25, -0.2) is 4.39 Å². The molecule has 0 atom stereocenters. The van der Waals surface area contributed by atoms with Crippen LogP contribution in [0.1, 0.15) is 17.9 Å². The normalized spacial score (nSPS) is 10.6. The molecule has 0 N–H and O–H groups in total. The molecule has 0 amide bonds. The summed E-state index contributed by atoms with van der Waals surface area (Å²) in [5, 5.41) is 8.07. The van der Waals surface area contributed by atoms with Crippen molar-refractivity contribution in [1.29, 1.82) is 0 Å². The molecule has 0 saturated heterocycles. The summed E-state index contributed by atoms with van der Waals surface area (Å²) in [6.07, 6.45) is 0.284. The van der Waals surface area contributed by atoms with Crippen molar-refractivity contribution < 1.29 is 18.3 Å². The monoisotopic (exact) mass is 360 g/mol.